The molecule has 0 aliphatic carbocycles. The first kappa shape index (κ1) is 11.1. The Hall–Kier alpha value is -1.01. The van der Waals surface area contributed by atoms with Crippen LogP contribution >= 0.6 is 12.6 Å². The SMILES string of the molecule is O=C1NC(S)Cc2c1cnn2C1CCOCC1. The summed E-state index contributed by atoms with van der Waals surface area (Å²) in [6, 6.07) is 0.360. The summed E-state index contributed by atoms with van der Waals surface area (Å²) >= 11 is 4.33. The number of fused-ring (bicyclic) bond motifs is 1. The van der Waals surface area contributed by atoms with Crippen molar-refractivity contribution in [2.24, 2.45) is 0 Å². The van der Waals surface area contributed by atoms with E-state index in [4.69, 9.17) is 4.74 Å². The molecule has 5 nitrogen and oxygen atoms in total. The molecule has 1 amide bonds. The summed E-state index contributed by atoms with van der Waals surface area (Å²) in [5.74, 6) is -0.0652. The van der Waals surface area contributed by atoms with Crippen molar-refractivity contribution in [3.8, 4) is 0 Å². The lowest BCUT2D eigenvalue weighted by Gasteiger charge is -2.27. The normalized spacial score (nSPS) is 25.5. The Morgan fingerprint density at radius 2 is 2.24 bits per heavy atom. The predicted octanol–water partition coefficient (Wildman–Crippen LogP) is 0.776. The molecule has 1 N–H and O–H groups in total. The zero-order chi connectivity index (χ0) is 11.8. The summed E-state index contributed by atoms with van der Waals surface area (Å²) in [6.07, 6.45) is 4.33. The molecule has 1 unspecified atom stereocenters. The molecule has 1 fully saturated rings. The van der Waals surface area contributed by atoms with Crippen LogP contribution in [-0.4, -0.2) is 34.3 Å². The van der Waals surface area contributed by atoms with Crippen LogP contribution in [0, 0.1) is 0 Å². The van der Waals surface area contributed by atoms with Crippen LogP contribution in [0.25, 0.3) is 0 Å². The molecular formula is C11H15N3O2S. The van der Waals surface area contributed by atoms with Crippen LogP contribution in [-0.2, 0) is 11.2 Å². The summed E-state index contributed by atoms with van der Waals surface area (Å²) in [5, 5.41) is 7.07. The van der Waals surface area contributed by atoms with E-state index in [2.05, 4.69) is 23.0 Å². The molecule has 0 aromatic carbocycles. The van der Waals surface area contributed by atoms with Gasteiger partial charge < -0.3 is 10.1 Å². The van der Waals surface area contributed by atoms with Crippen LogP contribution in [0.2, 0.25) is 0 Å². The first-order valence-corrected chi connectivity index (χ1v) is 6.40. The van der Waals surface area contributed by atoms with E-state index in [1.807, 2.05) is 4.68 Å². The predicted molar refractivity (Wildman–Crippen MR) is 65.3 cm³/mol. The number of ether oxygens (including phenoxy) is 1. The Morgan fingerprint density at radius 3 is 3.00 bits per heavy atom. The molecule has 1 saturated heterocycles. The maximum Gasteiger partial charge on any atom is 0.255 e. The van der Waals surface area contributed by atoms with Crippen molar-refractivity contribution in [1.29, 1.82) is 0 Å². The molecule has 0 radical (unpaired) electrons. The van der Waals surface area contributed by atoms with Gasteiger partial charge in [0, 0.05) is 19.6 Å². The topological polar surface area (TPSA) is 56.2 Å². The molecule has 2 aliphatic rings. The van der Waals surface area contributed by atoms with Gasteiger partial charge in [-0.1, -0.05) is 0 Å². The molecule has 0 bridgehead atoms. The number of hydrogen-bond acceptors (Lipinski definition) is 4. The third-order valence-electron chi connectivity index (χ3n) is 3.36. The zero-order valence-electron chi connectivity index (χ0n) is 9.43. The molecule has 0 saturated carbocycles. The summed E-state index contributed by atoms with van der Waals surface area (Å²) in [7, 11) is 0. The van der Waals surface area contributed by atoms with Crippen LogP contribution in [0.1, 0.15) is 34.9 Å². The first-order chi connectivity index (χ1) is 8.25. The van der Waals surface area contributed by atoms with E-state index >= 15 is 0 Å². The lowest BCUT2D eigenvalue weighted by atomic mass is 10.1. The van der Waals surface area contributed by atoms with Crippen molar-refractivity contribution in [1.82, 2.24) is 15.1 Å². The van der Waals surface area contributed by atoms with Crippen molar-refractivity contribution in [3.05, 3.63) is 17.5 Å². The minimum absolute atomic E-state index is 0.0652. The molecule has 3 heterocycles. The van der Waals surface area contributed by atoms with Gasteiger partial charge in [-0.25, -0.2) is 0 Å². The van der Waals surface area contributed by atoms with Crippen molar-refractivity contribution in [3.63, 3.8) is 0 Å². The van der Waals surface area contributed by atoms with E-state index < -0.39 is 0 Å². The van der Waals surface area contributed by atoms with E-state index in [-0.39, 0.29) is 11.3 Å². The Bertz CT molecular complexity index is 440. The van der Waals surface area contributed by atoms with E-state index in [0.717, 1.165) is 38.2 Å². The molecule has 92 valence electrons. The van der Waals surface area contributed by atoms with Gasteiger partial charge in [0.1, 0.15) is 0 Å². The van der Waals surface area contributed by atoms with Crippen LogP contribution in [0.15, 0.2) is 6.20 Å². The molecule has 1 atom stereocenters. The number of hydrogen-bond donors (Lipinski definition) is 2. The quantitative estimate of drug-likeness (QED) is 0.727. The minimum Gasteiger partial charge on any atom is -0.381 e. The number of nitrogens with one attached hydrogen (secondary N) is 1. The van der Waals surface area contributed by atoms with Gasteiger partial charge in [-0.05, 0) is 12.8 Å². The Balaban J connectivity index is 1.93. The smallest absolute Gasteiger partial charge is 0.255 e. The van der Waals surface area contributed by atoms with Crippen LogP contribution < -0.4 is 5.32 Å². The highest BCUT2D eigenvalue weighted by atomic mass is 32.1. The maximum atomic E-state index is 11.8. The number of carbonyl (C=O) groups excluding carboxylic acids is 1. The number of rotatable bonds is 1. The van der Waals surface area contributed by atoms with E-state index in [1.165, 1.54) is 0 Å². The van der Waals surface area contributed by atoms with E-state index in [9.17, 15) is 4.79 Å². The van der Waals surface area contributed by atoms with Crippen molar-refractivity contribution in [2.45, 2.75) is 30.7 Å². The highest BCUT2D eigenvalue weighted by Crippen LogP contribution is 2.26. The van der Waals surface area contributed by atoms with Gasteiger partial charge in [-0.15, -0.1) is 0 Å². The third-order valence-corrected chi connectivity index (χ3v) is 3.68. The van der Waals surface area contributed by atoms with Gasteiger partial charge >= 0.3 is 0 Å². The Morgan fingerprint density at radius 1 is 1.47 bits per heavy atom. The van der Waals surface area contributed by atoms with Gasteiger partial charge in [-0.3, -0.25) is 9.48 Å². The fourth-order valence-electron chi connectivity index (χ4n) is 2.49. The summed E-state index contributed by atoms with van der Waals surface area (Å²) in [5.41, 5.74) is 1.71. The second-order valence-electron chi connectivity index (χ2n) is 4.49. The molecule has 2 aliphatic heterocycles. The Kier molecular flexibility index (Phi) is 2.84. The zero-order valence-corrected chi connectivity index (χ0v) is 10.3. The van der Waals surface area contributed by atoms with Crippen LogP contribution in [0.5, 0.6) is 0 Å². The molecule has 6 heteroatoms. The number of nitrogens with zero attached hydrogens (tertiary/aromatic N) is 2. The largest absolute Gasteiger partial charge is 0.381 e. The number of aromatic nitrogens is 2. The minimum atomic E-state index is -0.106. The highest BCUT2D eigenvalue weighted by Gasteiger charge is 2.29. The van der Waals surface area contributed by atoms with Crippen molar-refractivity contribution >= 4 is 18.5 Å². The molecule has 17 heavy (non-hydrogen) atoms. The van der Waals surface area contributed by atoms with E-state index in [0.29, 0.717) is 11.6 Å². The number of amides is 1. The monoisotopic (exact) mass is 253 g/mol. The molecule has 3 rings (SSSR count). The van der Waals surface area contributed by atoms with Crippen molar-refractivity contribution < 1.29 is 9.53 Å². The fourth-order valence-corrected chi connectivity index (χ4v) is 2.78. The highest BCUT2D eigenvalue weighted by molar-refractivity contribution is 7.80. The number of carbonyl (C=O) groups is 1. The molecule has 1 aromatic heterocycles. The first-order valence-electron chi connectivity index (χ1n) is 5.89. The van der Waals surface area contributed by atoms with Gasteiger partial charge in [0.25, 0.3) is 5.91 Å². The van der Waals surface area contributed by atoms with Crippen molar-refractivity contribution in [2.75, 3.05) is 13.2 Å². The van der Waals surface area contributed by atoms with Gasteiger partial charge in [0.2, 0.25) is 0 Å². The second kappa shape index (κ2) is 4.34. The molecule has 0 spiro atoms. The summed E-state index contributed by atoms with van der Waals surface area (Å²) < 4.78 is 7.35. The Labute approximate surface area is 105 Å². The van der Waals surface area contributed by atoms with Crippen LogP contribution in [0.4, 0.5) is 0 Å². The average molecular weight is 253 g/mol. The summed E-state index contributed by atoms with van der Waals surface area (Å²) in [6.45, 7) is 1.55. The van der Waals surface area contributed by atoms with Crippen LogP contribution in [0.3, 0.4) is 0 Å². The fraction of sp³-hybridized carbons (Fsp3) is 0.636. The lowest BCUT2D eigenvalue weighted by Crippen LogP contribution is -2.38. The van der Waals surface area contributed by atoms with Gasteiger partial charge in [-0.2, -0.15) is 17.7 Å². The lowest BCUT2D eigenvalue weighted by molar-refractivity contribution is 0.0652. The summed E-state index contributed by atoms with van der Waals surface area (Å²) in [4.78, 5) is 11.8. The third kappa shape index (κ3) is 1.95. The molecular weight excluding hydrogens is 238 g/mol. The van der Waals surface area contributed by atoms with Gasteiger partial charge in [0.15, 0.2) is 0 Å². The second-order valence-corrected chi connectivity index (χ2v) is 5.11. The average Bonchev–Trinajstić information content (AvgIpc) is 2.74. The maximum absolute atomic E-state index is 11.8. The molecule has 1 aromatic rings. The van der Waals surface area contributed by atoms with Gasteiger partial charge in [0.05, 0.1) is 28.9 Å². The van der Waals surface area contributed by atoms with E-state index in [1.54, 1.807) is 6.20 Å². The standard InChI is InChI=1S/C11H15N3O2S/c15-11-8-6-12-14(7-1-3-16-4-2-7)9(8)5-10(17)13-11/h6-7,10,17H,1-5H2,(H,13,15). The number of thiol groups is 1.